The normalized spacial score (nSPS) is 18.9. The Morgan fingerprint density at radius 2 is 1.67 bits per heavy atom. The van der Waals surface area contributed by atoms with E-state index in [0.717, 1.165) is 0 Å². The lowest BCUT2D eigenvalue weighted by Crippen LogP contribution is -2.38. The molecular formula is C13H27BO3S. The Kier molecular flexibility index (Phi) is 9.39. The summed E-state index contributed by atoms with van der Waals surface area (Å²) in [6.07, 6.45) is 0.510. The zero-order valence-corrected chi connectivity index (χ0v) is 13.1. The summed E-state index contributed by atoms with van der Waals surface area (Å²) in [4.78, 5) is 0. The Bertz CT molecular complexity index is 200. The van der Waals surface area contributed by atoms with Crippen LogP contribution in [0.4, 0.5) is 0 Å². The van der Waals surface area contributed by atoms with Crippen LogP contribution in [0.5, 0.6) is 0 Å². The molecule has 2 radical (unpaired) electrons. The van der Waals surface area contributed by atoms with Crippen molar-refractivity contribution in [2.24, 2.45) is 5.92 Å². The van der Waals surface area contributed by atoms with Gasteiger partial charge in [0.1, 0.15) is 7.85 Å². The van der Waals surface area contributed by atoms with Gasteiger partial charge in [-0.15, -0.1) is 0 Å². The molecule has 18 heavy (non-hydrogen) atoms. The molecule has 0 saturated heterocycles. The van der Waals surface area contributed by atoms with Crippen LogP contribution < -0.4 is 0 Å². The fourth-order valence-corrected chi connectivity index (χ4v) is 2.06. The average molecular weight is 274 g/mol. The molecule has 0 bridgehead atoms. The van der Waals surface area contributed by atoms with Crippen molar-refractivity contribution in [3.8, 4) is 0 Å². The molecule has 0 amide bonds. The first-order valence-electron chi connectivity index (χ1n) is 6.62. The second-order valence-corrected chi connectivity index (χ2v) is 6.13. The molecule has 106 valence electrons. The average Bonchev–Trinajstić information content (AvgIpc) is 2.14. The van der Waals surface area contributed by atoms with Gasteiger partial charge in [-0.3, -0.25) is 0 Å². The first kappa shape index (κ1) is 18.3. The van der Waals surface area contributed by atoms with Crippen LogP contribution in [-0.2, 0) is 9.47 Å². The highest BCUT2D eigenvalue weighted by molar-refractivity contribution is 7.80. The second kappa shape index (κ2) is 9.24. The fraction of sp³-hybridized carbons (Fsp3) is 1.00. The highest BCUT2D eigenvalue weighted by Crippen LogP contribution is 2.23. The molecule has 0 aromatic heterocycles. The number of aliphatic hydroxyl groups excluding tert-OH is 1. The van der Waals surface area contributed by atoms with E-state index in [1.807, 2.05) is 34.6 Å². The summed E-state index contributed by atoms with van der Waals surface area (Å²) in [5.41, 5.74) is 0. The minimum atomic E-state index is -0.873. The van der Waals surface area contributed by atoms with Crippen molar-refractivity contribution in [2.75, 3.05) is 6.61 Å². The van der Waals surface area contributed by atoms with Crippen molar-refractivity contribution < 1.29 is 14.6 Å². The molecule has 0 aliphatic carbocycles. The smallest absolute Gasteiger partial charge is 0.108 e. The Labute approximate surface area is 118 Å². The van der Waals surface area contributed by atoms with Crippen LogP contribution in [0, 0.1) is 5.92 Å². The van der Waals surface area contributed by atoms with Crippen molar-refractivity contribution >= 4 is 20.5 Å². The van der Waals surface area contributed by atoms with Crippen LogP contribution in [0.15, 0.2) is 0 Å². The maximum Gasteiger partial charge on any atom is 0.108 e. The Balaban J connectivity index is 4.62. The molecule has 0 rings (SSSR count). The minimum Gasteiger partial charge on any atom is -0.403 e. The van der Waals surface area contributed by atoms with E-state index in [-0.39, 0.29) is 29.5 Å². The quantitative estimate of drug-likeness (QED) is 0.499. The van der Waals surface area contributed by atoms with Crippen molar-refractivity contribution in [3.63, 3.8) is 0 Å². The van der Waals surface area contributed by atoms with E-state index in [9.17, 15) is 5.11 Å². The SMILES string of the molecule is [B]C(O)C[C@H](OC(C)C)C(COC(C)C)C(C)S. The Morgan fingerprint density at radius 3 is 2.00 bits per heavy atom. The summed E-state index contributed by atoms with van der Waals surface area (Å²) in [7, 11) is 5.47. The predicted molar refractivity (Wildman–Crippen MR) is 79.4 cm³/mol. The number of thiol groups is 1. The number of rotatable bonds is 9. The monoisotopic (exact) mass is 274 g/mol. The third-order valence-corrected chi connectivity index (χ3v) is 3.02. The van der Waals surface area contributed by atoms with Gasteiger partial charge >= 0.3 is 0 Å². The molecule has 0 aliphatic rings. The zero-order valence-electron chi connectivity index (χ0n) is 12.2. The van der Waals surface area contributed by atoms with Gasteiger partial charge in [0, 0.05) is 17.2 Å². The number of hydrogen-bond acceptors (Lipinski definition) is 4. The van der Waals surface area contributed by atoms with Gasteiger partial charge in [-0.2, -0.15) is 12.6 Å². The van der Waals surface area contributed by atoms with Crippen molar-refractivity contribution in [1.29, 1.82) is 0 Å². The first-order valence-corrected chi connectivity index (χ1v) is 7.14. The van der Waals surface area contributed by atoms with E-state index in [2.05, 4.69) is 12.6 Å². The van der Waals surface area contributed by atoms with Crippen LogP contribution >= 0.6 is 12.6 Å². The zero-order chi connectivity index (χ0) is 14.3. The molecule has 0 aliphatic heterocycles. The molecule has 0 fully saturated rings. The van der Waals surface area contributed by atoms with E-state index in [0.29, 0.717) is 13.0 Å². The van der Waals surface area contributed by atoms with Crippen molar-refractivity contribution in [3.05, 3.63) is 0 Å². The molecule has 4 atom stereocenters. The lowest BCUT2D eigenvalue weighted by molar-refractivity contribution is -0.0692. The number of ether oxygens (including phenoxy) is 2. The van der Waals surface area contributed by atoms with Gasteiger partial charge in [-0.25, -0.2) is 0 Å². The largest absolute Gasteiger partial charge is 0.403 e. The third-order valence-electron chi connectivity index (χ3n) is 2.64. The summed E-state index contributed by atoms with van der Waals surface area (Å²) in [5, 5.41) is 9.49. The molecule has 0 aromatic rings. The van der Waals surface area contributed by atoms with Gasteiger partial charge in [0.25, 0.3) is 0 Å². The van der Waals surface area contributed by atoms with E-state index in [4.69, 9.17) is 17.3 Å². The number of aliphatic hydroxyl groups is 1. The van der Waals surface area contributed by atoms with Gasteiger partial charge in [0.15, 0.2) is 0 Å². The van der Waals surface area contributed by atoms with Crippen LogP contribution in [0.2, 0.25) is 0 Å². The van der Waals surface area contributed by atoms with Gasteiger partial charge in [0.05, 0.1) is 24.9 Å². The molecule has 0 saturated carbocycles. The van der Waals surface area contributed by atoms with Crippen molar-refractivity contribution in [1.82, 2.24) is 0 Å². The van der Waals surface area contributed by atoms with Gasteiger partial charge in [-0.05, 0) is 34.1 Å². The first-order chi connectivity index (χ1) is 8.23. The summed E-state index contributed by atoms with van der Waals surface area (Å²) < 4.78 is 11.5. The van der Waals surface area contributed by atoms with E-state index in [1.165, 1.54) is 0 Å². The maximum absolute atomic E-state index is 9.38. The van der Waals surface area contributed by atoms with Crippen LogP contribution in [0.1, 0.15) is 41.0 Å². The molecule has 3 nitrogen and oxygen atoms in total. The van der Waals surface area contributed by atoms with E-state index >= 15 is 0 Å². The van der Waals surface area contributed by atoms with Gasteiger partial charge in [-0.1, -0.05) is 6.92 Å². The topological polar surface area (TPSA) is 38.7 Å². The molecule has 0 heterocycles. The molecular weight excluding hydrogens is 247 g/mol. The lowest BCUT2D eigenvalue weighted by atomic mass is 9.87. The van der Waals surface area contributed by atoms with Crippen LogP contribution in [0.3, 0.4) is 0 Å². The van der Waals surface area contributed by atoms with E-state index in [1.54, 1.807) is 0 Å². The van der Waals surface area contributed by atoms with Gasteiger partial charge < -0.3 is 14.6 Å². The second-order valence-electron chi connectivity index (χ2n) is 5.31. The van der Waals surface area contributed by atoms with E-state index < -0.39 is 6.00 Å². The Morgan fingerprint density at radius 1 is 1.11 bits per heavy atom. The van der Waals surface area contributed by atoms with Crippen LogP contribution in [-0.4, -0.2) is 49.1 Å². The molecule has 1 N–H and O–H groups in total. The molecule has 3 unspecified atom stereocenters. The molecule has 5 heteroatoms. The summed E-state index contributed by atoms with van der Waals surface area (Å²) in [5.74, 6) is 0.108. The summed E-state index contributed by atoms with van der Waals surface area (Å²) in [6.45, 7) is 10.5. The molecule has 0 aromatic carbocycles. The van der Waals surface area contributed by atoms with Gasteiger partial charge in [0.2, 0.25) is 0 Å². The Hall–Kier alpha value is 0.295. The number of hydrogen-bond donors (Lipinski definition) is 2. The fourth-order valence-electron chi connectivity index (χ4n) is 1.78. The lowest BCUT2D eigenvalue weighted by Gasteiger charge is -2.32. The summed E-state index contributed by atoms with van der Waals surface area (Å²) in [6, 6.07) is -0.873. The van der Waals surface area contributed by atoms with Crippen molar-refractivity contribution in [2.45, 2.75) is 70.6 Å². The summed E-state index contributed by atoms with van der Waals surface area (Å²) >= 11 is 4.50. The highest BCUT2D eigenvalue weighted by atomic mass is 32.1. The maximum atomic E-state index is 9.38. The minimum absolute atomic E-state index is 0.0855. The standard InChI is InChI=1S/C13H27BO3S/c1-8(2)16-7-11(10(5)18)12(6-13(14)15)17-9(3)4/h8-13,15,18H,6-7H2,1-5H3/t10?,11?,12-,13?/m0/s1. The van der Waals surface area contributed by atoms with Crippen LogP contribution in [0.25, 0.3) is 0 Å². The molecule has 0 spiro atoms. The predicted octanol–water partition coefficient (Wildman–Crippen LogP) is 2.02. The third kappa shape index (κ3) is 8.41. The highest BCUT2D eigenvalue weighted by Gasteiger charge is 2.28.